The van der Waals surface area contributed by atoms with Gasteiger partial charge in [0.25, 0.3) is 0 Å². The molecule has 6 heteroatoms. The SMILES string of the molecule is CCn1nccc1CNc1cnn(C2CCCC2)c1.Cl. The van der Waals surface area contributed by atoms with E-state index in [0.29, 0.717) is 6.04 Å². The molecule has 0 aromatic carbocycles. The number of halogens is 1. The number of anilines is 1. The summed E-state index contributed by atoms with van der Waals surface area (Å²) in [6.45, 7) is 3.81. The summed E-state index contributed by atoms with van der Waals surface area (Å²) in [4.78, 5) is 0. The number of aromatic nitrogens is 4. The van der Waals surface area contributed by atoms with E-state index >= 15 is 0 Å². The maximum absolute atomic E-state index is 4.47. The van der Waals surface area contributed by atoms with Gasteiger partial charge < -0.3 is 5.32 Å². The predicted octanol–water partition coefficient (Wildman–Crippen LogP) is 3.25. The second-order valence-corrected chi connectivity index (χ2v) is 5.14. The van der Waals surface area contributed by atoms with Crippen LogP contribution in [0.4, 0.5) is 5.69 Å². The first-order valence-electron chi connectivity index (χ1n) is 7.15. The second kappa shape index (κ2) is 6.79. The first kappa shape index (κ1) is 14.9. The van der Waals surface area contributed by atoms with E-state index in [9.17, 15) is 0 Å². The number of hydrogen-bond donors (Lipinski definition) is 1. The van der Waals surface area contributed by atoms with Crippen LogP contribution in [0.3, 0.4) is 0 Å². The predicted molar refractivity (Wildman–Crippen MR) is 82.2 cm³/mol. The minimum absolute atomic E-state index is 0. The Hall–Kier alpha value is -1.49. The molecular weight excluding hydrogens is 274 g/mol. The molecule has 1 N–H and O–H groups in total. The topological polar surface area (TPSA) is 47.7 Å². The van der Waals surface area contributed by atoms with Gasteiger partial charge in [-0.3, -0.25) is 9.36 Å². The third-order valence-corrected chi connectivity index (χ3v) is 3.88. The summed E-state index contributed by atoms with van der Waals surface area (Å²) >= 11 is 0. The highest BCUT2D eigenvalue weighted by Crippen LogP contribution is 2.29. The molecule has 1 aliphatic carbocycles. The van der Waals surface area contributed by atoms with E-state index in [1.165, 1.54) is 31.4 Å². The highest BCUT2D eigenvalue weighted by molar-refractivity contribution is 5.85. The molecule has 1 saturated carbocycles. The maximum atomic E-state index is 4.47. The lowest BCUT2D eigenvalue weighted by Crippen LogP contribution is -2.07. The van der Waals surface area contributed by atoms with Crippen molar-refractivity contribution in [3.8, 4) is 0 Å². The molecule has 1 fully saturated rings. The fourth-order valence-electron chi connectivity index (χ4n) is 2.79. The number of nitrogens with one attached hydrogen (secondary N) is 1. The zero-order chi connectivity index (χ0) is 13.1. The maximum Gasteiger partial charge on any atom is 0.0729 e. The normalized spacial score (nSPS) is 15.2. The molecule has 20 heavy (non-hydrogen) atoms. The van der Waals surface area contributed by atoms with Crippen LogP contribution in [0.1, 0.15) is 44.3 Å². The molecule has 0 atom stereocenters. The van der Waals surface area contributed by atoms with Gasteiger partial charge in [-0.15, -0.1) is 12.4 Å². The van der Waals surface area contributed by atoms with E-state index < -0.39 is 0 Å². The van der Waals surface area contributed by atoms with Gasteiger partial charge in [0, 0.05) is 18.9 Å². The summed E-state index contributed by atoms with van der Waals surface area (Å²) in [6.07, 6.45) is 11.1. The summed E-state index contributed by atoms with van der Waals surface area (Å²) < 4.78 is 4.13. The van der Waals surface area contributed by atoms with Crippen LogP contribution in [0, 0.1) is 0 Å². The van der Waals surface area contributed by atoms with E-state index in [1.54, 1.807) is 0 Å². The van der Waals surface area contributed by atoms with E-state index in [0.717, 1.165) is 18.8 Å². The van der Waals surface area contributed by atoms with Crippen LogP contribution in [-0.4, -0.2) is 19.6 Å². The fourth-order valence-corrected chi connectivity index (χ4v) is 2.79. The summed E-state index contributed by atoms with van der Waals surface area (Å²) in [5.41, 5.74) is 2.30. The fraction of sp³-hybridized carbons (Fsp3) is 0.571. The monoisotopic (exact) mass is 295 g/mol. The Kier molecular flexibility index (Phi) is 5.06. The molecule has 110 valence electrons. The van der Waals surface area contributed by atoms with Crippen molar-refractivity contribution in [2.24, 2.45) is 0 Å². The van der Waals surface area contributed by atoms with Gasteiger partial charge in [-0.25, -0.2) is 0 Å². The smallest absolute Gasteiger partial charge is 0.0729 e. The van der Waals surface area contributed by atoms with Crippen LogP contribution in [0.2, 0.25) is 0 Å². The van der Waals surface area contributed by atoms with E-state index in [-0.39, 0.29) is 12.4 Å². The minimum Gasteiger partial charge on any atom is -0.377 e. The zero-order valence-corrected chi connectivity index (χ0v) is 12.6. The van der Waals surface area contributed by atoms with Crippen LogP contribution in [0.15, 0.2) is 24.7 Å². The van der Waals surface area contributed by atoms with Crippen LogP contribution in [-0.2, 0) is 13.1 Å². The Labute approximate surface area is 125 Å². The number of aryl methyl sites for hydroxylation is 1. The molecule has 2 heterocycles. The van der Waals surface area contributed by atoms with Gasteiger partial charge in [-0.2, -0.15) is 10.2 Å². The first-order chi connectivity index (χ1) is 9.36. The molecule has 0 amide bonds. The Bertz CT molecular complexity index is 527. The lowest BCUT2D eigenvalue weighted by molar-refractivity contribution is 0.467. The first-order valence-corrected chi connectivity index (χ1v) is 7.15. The van der Waals surface area contributed by atoms with Gasteiger partial charge >= 0.3 is 0 Å². The van der Waals surface area contributed by atoms with Gasteiger partial charge in [0.05, 0.1) is 30.2 Å². The van der Waals surface area contributed by atoms with Crippen molar-refractivity contribution in [1.29, 1.82) is 0 Å². The third-order valence-electron chi connectivity index (χ3n) is 3.88. The minimum atomic E-state index is 0. The van der Waals surface area contributed by atoms with Crippen LogP contribution in [0.25, 0.3) is 0 Å². The Balaban J connectivity index is 0.00000147. The Morgan fingerprint density at radius 1 is 1.30 bits per heavy atom. The average Bonchev–Trinajstić information content (AvgIpc) is 3.16. The molecule has 0 bridgehead atoms. The summed E-state index contributed by atoms with van der Waals surface area (Å²) in [6, 6.07) is 2.66. The van der Waals surface area contributed by atoms with Gasteiger partial charge in [-0.1, -0.05) is 12.8 Å². The van der Waals surface area contributed by atoms with Crippen LogP contribution in [0.5, 0.6) is 0 Å². The average molecular weight is 296 g/mol. The van der Waals surface area contributed by atoms with Crippen molar-refractivity contribution in [1.82, 2.24) is 19.6 Å². The van der Waals surface area contributed by atoms with E-state index in [1.807, 2.05) is 17.1 Å². The zero-order valence-electron chi connectivity index (χ0n) is 11.8. The van der Waals surface area contributed by atoms with Crippen molar-refractivity contribution in [2.45, 2.75) is 51.7 Å². The van der Waals surface area contributed by atoms with Gasteiger partial charge in [0.1, 0.15) is 0 Å². The van der Waals surface area contributed by atoms with Crippen LogP contribution >= 0.6 is 12.4 Å². The standard InChI is InChI=1S/C14H21N5.ClH/c1-2-18-14(7-8-16-18)10-15-12-9-17-19(11-12)13-5-3-4-6-13;/h7-9,11,13,15H,2-6,10H2,1H3;1H. The largest absolute Gasteiger partial charge is 0.377 e. The lowest BCUT2D eigenvalue weighted by atomic mass is 10.3. The molecule has 0 aliphatic heterocycles. The second-order valence-electron chi connectivity index (χ2n) is 5.14. The van der Waals surface area contributed by atoms with E-state index in [2.05, 4.69) is 39.4 Å². The number of hydrogen-bond acceptors (Lipinski definition) is 3. The van der Waals surface area contributed by atoms with Crippen molar-refractivity contribution in [2.75, 3.05) is 5.32 Å². The Morgan fingerprint density at radius 3 is 2.85 bits per heavy atom. The molecule has 0 unspecified atom stereocenters. The molecule has 3 rings (SSSR count). The molecular formula is C14H22ClN5. The molecule has 5 nitrogen and oxygen atoms in total. The summed E-state index contributed by atoms with van der Waals surface area (Å²) in [7, 11) is 0. The highest BCUT2D eigenvalue weighted by atomic mass is 35.5. The number of rotatable bonds is 5. The molecule has 0 radical (unpaired) electrons. The highest BCUT2D eigenvalue weighted by Gasteiger charge is 2.17. The van der Waals surface area contributed by atoms with E-state index in [4.69, 9.17) is 0 Å². The summed E-state index contributed by atoms with van der Waals surface area (Å²) in [5.74, 6) is 0. The van der Waals surface area contributed by atoms with Crippen molar-refractivity contribution in [3.05, 3.63) is 30.4 Å². The molecule has 2 aromatic rings. The van der Waals surface area contributed by atoms with Crippen molar-refractivity contribution >= 4 is 18.1 Å². The van der Waals surface area contributed by atoms with Crippen LogP contribution < -0.4 is 5.32 Å². The lowest BCUT2D eigenvalue weighted by Gasteiger charge is -2.09. The number of nitrogens with zero attached hydrogens (tertiary/aromatic N) is 4. The van der Waals surface area contributed by atoms with Gasteiger partial charge in [0.2, 0.25) is 0 Å². The van der Waals surface area contributed by atoms with Gasteiger partial charge in [-0.05, 0) is 25.8 Å². The Morgan fingerprint density at radius 2 is 2.10 bits per heavy atom. The summed E-state index contributed by atoms with van der Waals surface area (Å²) in [5, 5.41) is 12.2. The molecule has 0 saturated heterocycles. The molecule has 2 aromatic heterocycles. The quantitative estimate of drug-likeness (QED) is 0.921. The van der Waals surface area contributed by atoms with Gasteiger partial charge in [0.15, 0.2) is 0 Å². The van der Waals surface area contributed by atoms with Crippen molar-refractivity contribution in [3.63, 3.8) is 0 Å². The molecule has 1 aliphatic rings. The van der Waals surface area contributed by atoms with Crippen molar-refractivity contribution < 1.29 is 0 Å². The third kappa shape index (κ3) is 3.15. The molecule has 0 spiro atoms.